The molecule has 0 saturated carbocycles. The van der Waals surface area contributed by atoms with Gasteiger partial charge in [0.1, 0.15) is 0 Å². The van der Waals surface area contributed by atoms with Crippen LogP contribution >= 0.6 is 11.3 Å². The molecule has 5 nitrogen and oxygen atoms in total. The highest BCUT2D eigenvalue weighted by Gasteiger charge is 2.44. The second-order valence-corrected chi connectivity index (χ2v) is 9.22. The molecular formula is C22H26N2O3S. The number of aliphatic hydroxyl groups is 1. The van der Waals surface area contributed by atoms with Gasteiger partial charge in [-0.25, -0.2) is 0 Å². The number of fused-ring (bicyclic) bond motifs is 2. The first kappa shape index (κ1) is 18.3. The van der Waals surface area contributed by atoms with Crippen LogP contribution in [0.1, 0.15) is 29.7 Å². The molecule has 3 aliphatic heterocycles. The van der Waals surface area contributed by atoms with Crippen molar-refractivity contribution in [3.05, 3.63) is 46.8 Å². The van der Waals surface area contributed by atoms with Gasteiger partial charge < -0.3 is 20.1 Å². The van der Waals surface area contributed by atoms with E-state index in [1.165, 1.54) is 20.9 Å². The van der Waals surface area contributed by atoms with Gasteiger partial charge in [0.2, 0.25) is 5.91 Å². The Kier molecular flexibility index (Phi) is 4.75. The summed E-state index contributed by atoms with van der Waals surface area (Å²) in [6.45, 7) is 2.69. The minimum atomic E-state index is -0.406. The third kappa shape index (κ3) is 3.18. The molecule has 2 fully saturated rings. The van der Waals surface area contributed by atoms with Gasteiger partial charge >= 0.3 is 0 Å². The number of ether oxygens (including phenoxy) is 1. The van der Waals surface area contributed by atoms with E-state index >= 15 is 0 Å². The molecule has 1 spiro atoms. The van der Waals surface area contributed by atoms with Crippen molar-refractivity contribution in [2.75, 3.05) is 26.2 Å². The van der Waals surface area contributed by atoms with Crippen molar-refractivity contribution in [1.82, 2.24) is 10.2 Å². The van der Waals surface area contributed by atoms with E-state index in [2.05, 4.69) is 35.6 Å². The Labute approximate surface area is 169 Å². The van der Waals surface area contributed by atoms with E-state index in [1.54, 1.807) is 0 Å². The van der Waals surface area contributed by atoms with Crippen LogP contribution in [0.2, 0.25) is 0 Å². The van der Waals surface area contributed by atoms with Crippen LogP contribution in [0.25, 0.3) is 10.4 Å². The van der Waals surface area contributed by atoms with E-state index in [0.29, 0.717) is 26.1 Å². The normalized spacial score (nSPS) is 26.4. The maximum atomic E-state index is 12.8. The summed E-state index contributed by atoms with van der Waals surface area (Å²) >= 11 is 1.89. The third-order valence-corrected chi connectivity index (χ3v) is 7.60. The molecule has 0 bridgehead atoms. The van der Waals surface area contributed by atoms with E-state index in [9.17, 15) is 9.90 Å². The molecule has 2 atom stereocenters. The van der Waals surface area contributed by atoms with Crippen molar-refractivity contribution in [1.29, 1.82) is 0 Å². The van der Waals surface area contributed by atoms with E-state index < -0.39 is 6.10 Å². The number of carbonyl (C=O) groups excluding carboxylic acids is 1. The van der Waals surface area contributed by atoms with Crippen molar-refractivity contribution in [2.45, 2.75) is 43.4 Å². The number of nitrogens with one attached hydrogen (secondary N) is 1. The average Bonchev–Trinajstić information content (AvgIpc) is 3.36. The van der Waals surface area contributed by atoms with Gasteiger partial charge in [-0.1, -0.05) is 30.3 Å². The number of rotatable bonds is 2. The van der Waals surface area contributed by atoms with Crippen LogP contribution in [-0.2, 0) is 21.6 Å². The lowest BCUT2D eigenvalue weighted by molar-refractivity contribution is -0.142. The van der Waals surface area contributed by atoms with Gasteiger partial charge in [0, 0.05) is 35.8 Å². The smallest absolute Gasteiger partial charge is 0.239 e. The minimum Gasteiger partial charge on any atom is -0.392 e. The quantitative estimate of drug-likeness (QED) is 0.816. The predicted molar refractivity (Wildman–Crippen MR) is 109 cm³/mol. The number of β-amino-alcohol motifs (C(OH)–C–C–N with tert-alkyl or cyclic N) is 1. The molecule has 1 amide bonds. The molecule has 148 valence electrons. The standard InChI is InChI=1S/C22H26N2O3S/c25-16-12-18(23-14-16)21(26)24-9-7-22(8-10-24)17-13-20(15-4-2-1-3-5-15)28-19(17)6-11-27-22/h1-5,13,16,18,23,25H,6-12,14H2/t16-,18-/m1/s1. The van der Waals surface area contributed by atoms with Gasteiger partial charge in [-0.2, -0.15) is 0 Å². The fraction of sp³-hybridized carbons (Fsp3) is 0.500. The van der Waals surface area contributed by atoms with Gasteiger partial charge in [-0.3, -0.25) is 4.79 Å². The zero-order valence-corrected chi connectivity index (χ0v) is 16.7. The summed E-state index contributed by atoms with van der Waals surface area (Å²) < 4.78 is 6.37. The lowest BCUT2D eigenvalue weighted by Gasteiger charge is -2.44. The first-order chi connectivity index (χ1) is 13.6. The van der Waals surface area contributed by atoms with Crippen LogP contribution in [0.15, 0.2) is 36.4 Å². The Bertz CT molecular complexity index is 858. The topological polar surface area (TPSA) is 61.8 Å². The van der Waals surface area contributed by atoms with Crippen LogP contribution in [0.3, 0.4) is 0 Å². The van der Waals surface area contributed by atoms with E-state index in [0.717, 1.165) is 25.9 Å². The molecule has 0 unspecified atom stereocenters. The summed E-state index contributed by atoms with van der Waals surface area (Å²) in [5.41, 5.74) is 2.34. The van der Waals surface area contributed by atoms with Gasteiger partial charge in [-0.05, 0) is 36.5 Å². The second-order valence-electron chi connectivity index (χ2n) is 8.08. The number of thiophene rings is 1. The van der Waals surface area contributed by atoms with Crippen LogP contribution in [0.5, 0.6) is 0 Å². The highest BCUT2D eigenvalue weighted by molar-refractivity contribution is 7.15. The Hall–Kier alpha value is -1.73. The second kappa shape index (κ2) is 7.26. The molecule has 6 heteroatoms. The number of nitrogens with zero attached hydrogens (tertiary/aromatic N) is 1. The molecule has 0 radical (unpaired) electrons. The Morgan fingerprint density at radius 2 is 2.04 bits per heavy atom. The van der Waals surface area contributed by atoms with Gasteiger partial charge in [0.25, 0.3) is 0 Å². The SMILES string of the molecule is O=C([C@H]1C[C@@H](O)CN1)N1CCC2(CC1)OCCc1sc(-c3ccccc3)cc12. The molecule has 1 aromatic heterocycles. The number of piperidine rings is 1. The first-order valence-electron chi connectivity index (χ1n) is 10.2. The number of aliphatic hydroxyl groups excluding tert-OH is 1. The van der Waals surface area contributed by atoms with Crippen LogP contribution in [0, 0.1) is 0 Å². The summed E-state index contributed by atoms with van der Waals surface area (Å²) in [6, 6.07) is 12.6. The van der Waals surface area contributed by atoms with E-state index in [-0.39, 0.29) is 17.6 Å². The summed E-state index contributed by atoms with van der Waals surface area (Å²) in [5, 5.41) is 12.8. The molecule has 28 heavy (non-hydrogen) atoms. The molecule has 2 aromatic rings. The Morgan fingerprint density at radius 3 is 2.75 bits per heavy atom. The van der Waals surface area contributed by atoms with Crippen LogP contribution in [0.4, 0.5) is 0 Å². The van der Waals surface area contributed by atoms with Crippen molar-refractivity contribution >= 4 is 17.2 Å². The maximum absolute atomic E-state index is 12.8. The zero-order valence-electron chi connectivity index (χ0n) is 15.9. The van der Waals surface area contributed by atoms with Crippen molar-refractivity contribution in [2.24, 2.45) is 0 Å². The van der Waals surface area contributed by atoms with Crippen molar-refractivity contribution < 1.29 is 14.6 Å². The molecule has 3 aliphatic rings. The molecule has 4 heterocycles. The number of likely N-dealkylation sites (tertiary alicyclic amines) is 1. The first-order valence-corrected chi connectivity index (χ1v) is 11.0. The zero-order chi connectivity index (χ0) is 19.1. The fourth-order valence-corrected chi connectivity index (χ4v) is 6.03. The molecule has 2 saturated heterocycles. The van der Waals surface area contributed by atoms with Gasteiger partial charge in [-0.15, -0.1) is 11.3 Å². The van der Waals surface area contributed by atoms with E-state index in [1.807, 2.05) is 22.3 Å². The summed E-state index contributed by atoms with van der Waals surface area (Å²) in [4.78, 5) is 17.5. The number of hydrogen-bond acceptors (Lipinski definition) is 5. The van der Waals surface area contributed by atoms with Crippen molar-refractivity contribution in [3.8, 4) is 10.4 Å². The largest absolute Gasteiger partial charge is 0.392 e. The summed E-state index contributed by atoms with van der Waals surface area (Å²) in [6.07, 6.45) is 2.77. The van der Waals surface area contributed by atoms with Crippen LogP contribution in [-0.4, -0.2) is 54.3 Å². The number of amides is 1. The third-order valence-electron chi connectivity index (χ3n) is 6.35. The number of benzene rings is 1. The molecule has 2 N–H and O–H groups in total. The van der Waals surface area contributed by atoms with Crippen molar-refractivity contribution in [3.63, 3.8) is 0 Å². The average molecular weight is 399 g/mol. The number of hydrogen-bond donors (Lipinski definition) is 2. The molecule has 1 aromatic carbocycles. The molecular weight excluding hydrogens is 372 g/mol. The van der Waals surface area contributed by atoms with Crippen LogP contribution < -0.4 is 5.32 Å². The van der Waals surface area contributed by atoms with E-state index in [4.69, 9.17) is 4.74 Å². The lowest BCUT2D eigenvalue weighted by atomic mass is 9.82. The van der Waals surface area contributed by atoms with Gasteiger partial charge in [0.15, 0.2) is 0 Å². The Balaban J connectivity index is 1.34. The maximum Gasteiger partial charge on any atom is 0.239 e. The predicted octanol–water partition coefficient (Wildman–Crippen LogP) is 2.53. The molecule has 0 aliphatic carbocycles. The minimum absolute atomic E-state index is 0.123. The monoisotopic (exact) mass is 398 g/mol. The highest BCUT2D eigenvalue weighted by Crippen LogP contribution is 2.46. The number of carbonyl (C=O) groups is 1. The van der Waals surface area contributed by atoms with Gasteiger partial charge in [0.05, 0.1) is 24.4 Å². The Morgan fingerprint density at radius 1 is 1.25 bits per heavy atom. The lowest BCUT2D eigenvalue weighted by Crippen LogP contribution is -2.51. The highest BCUT2D eigenvalue weighted by atomic mass is 32.1. The summed E-state index contributed by atoms with van der Waals surface area (Å²) in [7, 11) is 0. The molecule has 5 rings (SSSR count). The summed E-state index contributed by atoms with van der Waals surface area (Å²) in [5.74, 6) is 0.123. The fourth-order valence-electron chi connectivity index (χ4n) is 4.79.